The molecule has 1 unspecified atom stereocenters. The molecular weight excluding hydrogens is 266 g/mol. The second kappa shape index (κ2) is 7.22. The number of para-hydroxylation sites is 1. The van der Waals surface area contributed by atoms with E-state index in [1.807, 2.05) is 30.3 Å². The van der Waals surface area contributed by atoms with Gasteiger partial charge in [0.1, 0.15) is 6.04 Å². The van der Waals surface area contributed by atoms with E-state index >= 15 is 0 Å². The monoisotopic (exact) mass is 289 g/mol. The van der Waals surface area contributed by atoms with Crippen LogP contribution in [0.3, 0.4) is 0 Å². The van der Waals surface area contributed by atoms with Crippen molar-refractivity contribution in [3.05, 3.63) is 30.3 Å². The van der Waals surface area contributed by atoms with Crippen molar-refractivity contribution in [2.45, 2.75) is 31.7 Å². The van der Waals surface area contributed by atoms with Gasteiger partial charge in [-0.2, -0.15) is 0 Å². The number of hydrogen-bond donors (Lipinski definition) is 1. The van der Waals surface area contributed by atoms with Crippen LogP contribution in [0.2, 0.25) is 0 Å². The lowest BCUT2D eigenvalue weighted by atomic mass is 10.0. The molecule has 1 atom stereocenters. The maximum atomic E-state index is 12.7. The van der Waals surface area contributed by atoms with Crippen molar-refractivity contribution in [2.24, 2.45) is 5.73 Å². The third-order valence-corrected chi connectivity index (χ3v) is 3.93. The second-order valence-corrected chi connectivity index (χ2v) is 5.38. The molecule has 1 aromatic rings. The van der Waals surface area contributed by atoms with Gasteiger partial charge in [0, 0.05) is 25.7 Å². The van der Waals surface area contributed by atoms with E-state index in [1.54, 1.807) is 16.8 Å². The number of benzene rings is 1. The maximum absolute atomic E-state index is 12.7. The first-order valence-corrected chi connectivity index (χ1v) is 7.47. The Bertz CT molecular complexity index is 490. The number of likely N-dealkylation sites (N-methyl/N-ethyl adjacent to an activating group) is 1. The van der Waals surface area contributed by atoms with E-state index in [1.165, 1.54) is 0 Å². The lowest BCUT2D eigenvalue weighted by Crippen LogP contribution is -2.53. The molecule has 21 heavy (non-hydrogen) atoms. The molecule has 0 bridgehead atoms. The number of nitrogens with zero attached hydrogens (tertiary/aromatic N) is 2. The van der Waals surface area contributed by atoms with Gasteiger partial charge in [0.05, 0.1) is 0 Å². The molecule has 0 radical (unpaired) electrons. The summed E-state index contributed by atoms with van der Waals surface area (Å²) in [6, 6.07) is 9.26. The van der Waals surface area contributed by atoms with E-state index in [4.69, 9.17) is 5.73 Å². The van der Waals surface area contributed by atoms with E-state index in [0.717, 1.165) is 18.5 Å². The van der Waals surface area contributed by atoms with E-state index in [2.05, 4.69) is 0 Å². The highest BCUT2D eigenvalue weighted by Crippen LogP contribution is 2.23. The molecule has 1 aromatic carbocycles. The number of amides is 2. The molecule has 1 fully saturated rings. The van der Waals surface area contributed by atoms with E-state index in [0.29, 0.717) is 25.9 Å². The van der Waals surface area contributed by atoms with Crippen LogP contribution in [0.5, 0.6) is 0 Å². The fourth-order valence-corrected chi connectivity index (χ4v) is 2.68. The Morgan fingerprint density at radius 2 is 2.10 bits per heavy atom. The predicted molar refractivity (Wildman–Crippen MR) is 82.9 cm³/mol. The van der Waals surface area contributed by atoms with Crippen molar-refractivity contribution in [3.63, 3.8) is 0 Å². The fourth-order valence-electron chi connectivity index (χ4n) is 2.68. The number of rotatable bonds is 5. The average Bonchev–Trinajstić information content (AvgIpc) is 2.53. The van der Waals surface area contributed by atoms with Crippen molar-refractivity contribution in [1.82, 2.24) is 4.90 Å². The normalized spacial score (nSPS) is 18.7. The lowest BCUT2D eigenvalue weighted by molar-refractivity contribution is -0.139. The summed E-state index contributed by atoms with van der Waals surface area (Å²) in [5, 5.41) is 0. The number of anilines is 1. The van der Waals surface area contributed by atoms with Gasteiger partial charge in [0.2, 0.25) is 11.8 Å². The molecule has 2 rings (SSSR count). The molecule has 2 N–H and O–H groups in total. The summed E-state index contributed by atoms with van der Waals surface area (Å²) in [6.45, 7) is 1.21. The molecule has 1 heterocycles. The van der Waals surface area contributed by atoms with Gasteiger partial charge in [-0.25, -0.2) is 0 Å². The van der Waals surface area contributed by atoms with Gasteiger partial charge in [-0.1, -0.05) is 18.2 Å². The quantitative estimate of drug-likeness (QED) is 0.890. The van der Waals surface area contributed by atoms with Gasteiger partial charge < -0.3 is 15.5 Å². The summed E-state index contributed by atoms with van der Waals surface area (Å²) in [5.74, 6) is 0.00441. The molecule has 5 heteroatoms. The molecule has 1 aliphatic heterocycles. The average molecular weight is 289 g/mol. The number of carbonyl (C=O) groups excluding carboxylic acids is 2. The first-order valence-electron chi connectivity index (χ1n) is 7.47. The zero-order valence-corrected chi connectivity index (χ0v) is 12.5. The number of piperidine rings is 1. The molecule has 114 valence electrons. The molecule has 0 aromatic heterocycles. The Hall–Kier alpha value is -1.88. The van der Waals surface area contributed by atoms with Crippen LogP contribution in [0.1, 0.15) is 25.7 Å². The first-order chi connectivity index (χ1) is 10.1. The van der Waals surface area contributed by atoms with Crippen LogP contribution in [-0.4, -0.2) is 42.9 Å². The van der Waals surface area contributed by atoms with Crippen molar-refractivity contribution < 1.29 is 9.59 Å². The molecule has 5 nitrogen and oxygen atoms in total. The van der Waals surface area contributed by atoms with Gasteiger partial charge in [0.25, 0.3) is 0 Å². The summed E-state index contributed by atoms with van der Waals surface area (Å²) in [7, 11) is 1.72. The molecule has 0 spiro atoms. The summed E-state index contributed by atoms with van der Waals surface area (Å²) >= 11 is 0. The van der Waals surface area contributed by atoms with Crippen molar-refractivity contribution >= 4 is 17.5 Å². The highest BCUT2D eigenvalue weighted by molar-refractivity contribution is 5.99. The van der Waals surface area contributed by atoms with Crippen LogP contribution in [0, 0.1) is 0 Å². The van der Waals surface area contributed by atoms with Crippen LogP contribution in [-0.2, 0) is 9.59 Å². The zero-order chi connectivity index (χ0) is 15.2. The van der Waals surface area contributed by atoms with Gasteiger partial charge in [-0.15, -0.1) is 0 Å². The standard InChI is InChI=1S/C16H23N3O2/c1-18(15(20)10-5-11-17)14-9-6-12-19(16(14)21)13-7-3-2-4-8-13/h2-4,7-8,14H,5-6,9-12,17H2,1H3. The van der Waals surface area contributed by atoms with Crippen LogP contribution in [0.4, 0.5) is 5.69 Å². The molecule has 1 saturated heterocycles. The van der Waals surface area contributed by atoms with E-state index in [-0.39, 0.29) is 17.9 Å². The maximum Gasteiger partial charge on any atom is 0.249 e. The number of nitrogens with two attached hydrogens (primary N) is 1. The molecule has 1 aliphatic rings. The topological polar surface area (TPSA) is 66.6 Å². The molecule has 0 saturated carbocycles. The third-order valence-electron chi connectivity index (χ3n) is 3.93. The summed E-state index contributed by atoms with van der Waals surface area (Å²) < 4.78 is 0. The SMILES string of the molecule is CN(C(=O)CCCN)C1CCCN(c2ccccc2)C1=O. The highest BCUT2D eigenvalue weighted by atomic mass is 16.2. The van der Waals surface area contributed by atoms with Crippen molar-refractivity contribution in [1.29, 1.82) is 0 Å². The van der Waals surface area contributed by atoms with Crippen molar-refractivity contribution in [3.8, 4) is 0 Å². The van der Waals surface area contributed by atoms with Crippen LogP contribution in [0.25, 0.3) is 0 Å². The Labute approximate surface area is 125 Å². The zero-order valence-electron chi connectivity index (χ0n) is 12.5. The largest absolute Gasteiger partial charge is 0.334 e. The van der Waals surface area contributed by atoms with Crippen LogP contribution < -0.4 is 10.6 Å². The van der Waals surface area contributed by atoms with Gasteiger partial charge in [0.15, 0.2) is 0 Å². The Kier molecular flexibility index (Phi) is 5.33. The van der Waals surface area contributed by atoms with Gasteiger partial charge in [-0.3, -0.25) is 9.59 Å². The summed E-state index contributed by atoms with van der Waals surface area (Å²) in [5.41, 5.74) is 6.33. The van der Waals surface area contributed by atoms with E-state index < -0.39 is 0 Å². The minimum absolute atomic E-state index is 0.00582. The third kappa shape index (κ3) is 3.61. The Balaban J connectivity index is 2.07. The minimum atomic E-state index is -0.357. The lowest BCUT2D eigenvalue weighted by Gasteiger charge is -2.36. The van der Waals surface area contributed by atoms with Gasteiger partial charge >= 0.3 is 0 Å². The Morgan fingerprint density at radius 3 is 2.76 bits per heavy atom. The minimum Gasteiger partial charge on any atom is -0.334 e. The summed E-state index contributed by atoms with van der Waals surface area (Å²) in [6.07, 6.45) is 2.70. The molecular formula is C16H23N3O2. The van der Waals surface area contributed by atoms with Crippen LogP contribution >= 0.6 is 0 Å². The van der Waals surface area contributed by atoms with Crippen molar-refractivity contribution in [2.75, 3.05) is 25.0 Å². The predicted octanol–water partition coefficient (Wildman–Crippen LogP) is 1.38. The number of hydrogen-bond acceptors (Lipinski definition) is 3. The van der Waals surface area contributed by atoms with Crippen LogP contribution in [0.15, 0.2) is 30.3 Å². The van der Waals surface area contributed by atoms with Gasteiger partial charge in [-0.05, 0) is 37.9 Å². The number of carbonyl (C=O) groups is 2. The Morgan fingerprint density at radius 1 is 1.38 bits per heavy atom. The molecule has 2 amide bonds. The second-order valence-electron chi connectivity index (χ2n) is 5.38. The van der Waals surface area contributed by atoms with E-state index in [9.17, 15) is 9.59 Å². The summed E-state index contributed by atoms with van der Waals surface area (Å²) in [4.78, 5) is 28.1. The highest BCUT2D eigenvalue weighted by Gasteiger charge is 2.34. The molecule has 0 aliphatic carbocycles. The first kappa shape index (κ1) is 15.5. The fraction of sp³-hybridized carbons (Fsp3) is 0.500. The smallest absolute Gasteiger partial charge is 0.249 e.